The summed E-state index contributed by atoms with van der Waals surface area (Å²) >= 11 is 13.2. The second-order valence-corrected chi connectivity index (χ2v) is 16.1. The molecule has 0 amide bonds. The van der Waals surface area contributed by atoms with E-state index in [2.05, 4.69) is 67.3 Å². The van der Waals surface area contributed by atoms with Crippen LogP contribution in [0, 0.1) is 34.5 Å². The number of esters is 1. The van der Waals surface area contributed by atoms with Gasteiger partial charge in [0.1, 0.15) is 22.5 Å². The topological polar surface area (TPSA) is 72.8 Å². The number of ether oxygens (including phenoxy) is 2. The molecule has 1 fully saturated rings. The van der Waals surface area contributed by atoms with Crippen molar-refractivity contribution in [3.05, 3.63) is 56.4 Å². The Kier molecular flexibility index (Phi) is 11.1. The number of hydrogen-bond acceptors (Lipinski definition) is 4. The molecule has 1 aliphatic carbocycles. The Hall–Kier alpha value is -2.44. The molecule has 0 aliphatic heterocycles. The minimum atomic E-state index is -0.505. The number of carbonyl (C=O) groups is 1. The van der Waals surface area contributed by atoms with Gasteiger partial charge in [0, 0.05) is 22.4 Å². The highest BCUT2D eigenvalue weighted by Crippen LogP contribution is 2.50. The number of benzene rings is 1. The summed E-state index contributed by atoms with van der Waals surface area (Å²) in [6.07, 6.45) is 5.91. The second-order valence-electron chi connectivity index (χ2n) is 15.3. The zero-order valence-electron chi connectivity index (χ0n) is 28.6. The third kappa shape index (κ3) is 7.93. The van der Waals surface area contributed by atoms with Crippen molar-refractivity contribution in [3.63, 3.8) is 0 Å². The molecule has 248 valence electrons. The van der Waals surface area contributed by atoms with Crippen molar-refractivity contribution in [2.24, 2.45) is 34.5 Å². The van der Waals surface area contributed by atoms with Crippen molar-refractivity contribution in [1.29, 1.82) is 0 Å². The molecule has 3 atom stereocenters. The van der Waals surface area contributed by atoms with Gasteiger partial charge in [-0.15, -0.1) is 0 Å². The zero-order valence-corrected chi connectivity index (χ0v) is 30.1. The standard InChI is InChI=1S/C37H52Cl2N2O4/c1-10-12-13-23(11-2)21-44-28-20-29(42)41-33(39)30(24-14-16-25(38)17-15-24)31(34(41)40-28)35(43)45-32-26(36(4,5)6)18-22(3)19-27(32)37(7,8)9/h14-17,20,22-23,26-27,32,40H,10-13,18-19,21H2,1-9H3. The van der Waals surface area contributed by atoms with E-state index in [4.69, 9.17) is 32.7 Å². The first kappa shape index (κ1) is 35.4. The summed E-state index contributed by atoms with van der Waals surface area (Å²) in [7, 11) is 0. The van der Waals surface area contributed by atoms with Crippen molar-refractivity contribution >= 4 is 34.8 Å². The quantitative estimate of drug-likeness (QED) is 0.220. The summed E-state index contributed by atoms with van der Waals surface area (Å²) in [6.45, 7) is 20.5. The maximum absolute atomic E-state index is 14.6. The molecule has 1 aromatic carbocycles. The summed E-state index contributed by atoms with van der Waals surface area (Å²) in [4.78, 5) is 31.4. The number of aromatic nitrogens is 2. The number of unbranched alkanes of at least 4 members (excludes halogenated alkanes) is 1. The molecule has 1 N–H and O–H groups in total. The number of rotatable bonds is 10. The minimum Gasteiger partial charge on any atom is -0.478 e. The van der Waals surface area contributed by atoms with E-state index in [1.54, 1.807) is 24.3 Å². The number of nitrogens with zero attached hydrogens (tertiary/aromatic N) is 1. The highest BCUT2D eigenvalue weighted by molar-refractivity contribution is 6.34. The molecule has 0 spiro atoms. The predicted octanol–water partition coefficient (Wildman–Crippen LogP) is 10.5. The Balaban J connectivity index is 1.86. The first-order chi connectivity index (χ1) is 21.1. The summed E-state index contributed by atoms with van der Waals surface area (Å²) < 4.78 is 14.1. The van der Waals surface area contributed by atoms with Gasteiger partial charge in [-0.05, 0) is 59.6 Å². The van der Waals surface area contributed by atoms with Gasteiger partial charge in [-0.1, -0.05) is 117 Å². The molecule has 2 aromatic heterocycles. The van der Waals surface area contributed by atoms with Gasteiger partial charge in [-0.3, -0.25) is 9.20 Å². The van der Waals surface area contributed by atoms with Crippen LogP contribution in [0.25, 0.3) is 16.8 Å². The van der Waals surface area contributed by atoms with Crippen molar-refractivity contribution in [1.82, 2.24) is 9.38 Å². The first-order valence-electron chi connectivity index (χ1n) is 16.6. The maximum Gasteiger partial charge on any atom is 0.342 e. The van der Waals surface area contributed by atoms with Gasteiger partial charge >= 0.3 is 5.97 Å². The van der Waals surface area contributed by atoms with E-state index < -0.39 is 5.97 Å². The Morgan fingerprint density at radius 1 is 1.02 bits per heavy atom. The fraction of sp³-hybridized carbons (Fsp3) is 0.622. The Bertz CT molecular complexity index is 1500. The third-order valence-corrected chi connectivity index (χ3v) is 10.4. The lowest BCUT2D eigenvalue weighted by atomic mass is 9.59. The number of aromatic amines is 1. The summed E-state index contributed by atoms with van der Waals surface area (Å²) in [6, 6.07) is 8.50. The molecule has 45 heavy (non-hydrogen) atoms. The van der Waals surface area contributed by atoms with Gasteiger partial charge in [0.15, 0.2) is 5.88 Å². The molecule has 0 saturated heterocycles. The van der Waals surface area contributed by atoms with Gasteiger partial charge < -0.3 is 14.5 Å². The van der Waals surface area contributed by atoms with Crippen LogP contribution >= 0.6 is 23.2 Å². The largest absolute Gasteiger partial charge is 0.478 e. The molecule has 1 aliphatic rings. The normalized spacial score (nSPS) is 21.6. The third-order valence-electron chi connectivity index (χ3n) is 9.76. The van der Waals surface area contributed by atoms with E-state index in [1.165, 1.54) is 10.5 Å². The average Bonchev–Trinajstić information content (AvgIpc) is 3.25. The lowest BCUT2D eigenvalue weighted by molar-refractivity contribution is -0.0922. The van der Waals surface area contributed by atoms with Crippen LogP contribution < -0.4 is 10.3 Å². The smallest absolute Gasteiger partial charge is 0.342 e. The molecule has 3 unspecified atom stereocenters. The van der Waals surface area contributed by atoms with Crippen molar-refractivity contribution in [2.75, 3.05) is 6.61 Å². The van der Waals surface area contributed by atoms with Gasteiger partial charge in [0.25, 0.3) is 5.56 Å². The molecule has 8 heteroatoms. The number of nitrogens with one attached hydrogen (secondary N) is 1. The number of fused-ring (bicyclic) bond motifs is 1. The van der Waals surface area contributed by atoms with Crippen LogP contribution in [-0.4, -0.2) is 28.1 Å². The molecule has 0 bridgehead atoms. The Labute approximate surface area is 279 Å². The van der Waals surface area contributed by atoms with Crippen molar-refractivity contribution < 1.29 is 14.3 Å². The Morgan fingerprint density at radius 2 is 1.62 bits per heavy atom. The van der Waals surface area contributed by atoms with Gasteiger partial charge in [-0.25, -0.2) is 4.79 Å². The highest BCUT2D eigenvalue weighted by atomic mass is 35.5. The monoisotopic (exact) mass is 658 g/mol. The number of halogens is 2. The first-order valence-corrected chi connectivity index (χ1v) is 17.4. The maximum atomic E-state index is 14.6. The van der Waals surface area contributed by atoms with E-state index >= 15 is 0 Å². The second kappa shape index (κ2) is 14.1. The van der Waals surface area contributed by atoms with E-state index in [9.17, 15) is 9.59 Å². The molecular formula is C37H52Cl2N2O4. The van der Waals surface area contributed by atoms with Gasteiger partial charge in [-0.2, -0.15) is 0 Å². The minimum absolute atomic E-state index is 0.0778. The molecular weight excluding hydrogens is 607 g/mol. The molecule has 2 heterocycles. The molecule has 1 saturated carbocycles. The lowest BCUT2D eigenvalue weighted by Gasteiger charge is -2.50. The van der Waals surface area contributed by atoms with E-state index in [0.29, 0.717) is 40.5 Å². The van der Waals surface area contributed by atoms with E-state index in [-0.39, 0.29) is 50.7 Å². The lowest BCUT2D eigenvalue weighted by Crippen LogP contribution is -2.49. The number of hydrogen-bond donors (Lipinski definition) is 1. The highest BCUT2D eigenvalue weighted by Gasteiger charge is 2.48. The molecule has 3 aromatic rings. The van der Waals surface area contributed by atoms with Crippen LogP contribution in [-0.2, 0) is 4.74 Å². The summed E-state index contributed by atoms with van der Waals surface area (Å²) in [5.41, 5.74) is 1.05. The summed E-state index contributed by atoms with van der Waals surface area (Å²) in [5.74, 6) is 0.999. The number of H-pyrrole nitrogens is 1. The van der Waals surface area contributed by atoms with Crippen LogP contribution in [0.3, 0.4) is 0 Å². The zero-order chi connectivity index (χ0) is 33.3. The van der Waals surface area contributed by atoms with E-state index in [0.717, 1.165) is 38.5 Å². The van der Waals surface area contributed by atoms with Crippen LogP contribution in [0.5, 0.6) is 5.88 Å². The predicted molar refractivity (Wildman–Crippen MR) is 186 cm³/mol. The molecule has 0 radical (unpaired) electrons. The van der Waals surface area contributed by atoms with Crippen molar-refractivity contribution in [3.8, 4) is 17.0 Å². The average molecular weight is 660 g/mol. The van der Waals surface area contributed by atoms with Crippen LogP contribution in [0.4, 0.5) is 0 Å². The van der Waals surface area contributed by atoms with Crippen molar-refractivity contribution in [2.45, 2.75) is 107 Å². The number of carbonyl (C=O) groups excluding carboxylic acids is 1. The summed E-state index contributed by atoms with van der Waals surface area (Å²) in [5, 5.41) is 0.693. The fourth-order valence-corrected chi connectivity index (χ4v) is 7.51. The molecule has 6 nitrogen and oxygen atoms in total. The van der Waals surface area contributed by atoms with Gasteiger partial charge in [0.05, 0.1) is 12.7 Å². The van der Waals surface area contributed by atoms with Crippen LogP contribution in [0.1, 0.15) is 111 Å². The molecule has 4 rings (SSSR count). The van der Waals surface area contributed by atoms with Crippen LogP contribution in [0.15, 0.2) is 35.1 Å². The Morgan fingerprint density at radius 3 is 2.16 bits per heavy atom. The van der Waals surface area contributed by atoms with Crippen LogP contribution in [0.2, 0.25) is 10.2 Å². The fourth-order valence-electron chi connectivity index (χ4n) is 7.01. The van der Waals surface area contributed by atoms with E-state index in [1.807, 2.05) is 0 Å². The SMILES string of the molecule is CCCCC(CC)COc1cc(=O)n2c(Cl)c(-c3ccc(Cl)cc3)c(C(=O)OC3C(C(C)(C)C)CC(C)CC3C(C)(C)C)c2[nH]1. The van der Waals surface area contributed by atoms with Gasteiger partial charge in [0.2, 0.25) is 0 Å².